The van der Waals surface area contributed by atoms with E-state index in [0.717, 1.165) is 31.9 Å². The maximum Gasteiger partial charge on any atom is 0.128 e. The van der Waals surface area contributed by atoms with Crippen molar-refractivity contribution in [2.75, 3.05) is 31.1 Å². The van der Waals surface area contributed by atoms with Crippen LogP contribution in [0.3, 0.4) is 0 Å². The summed E-state index contributed by atoms with van der Waals surface area (Å²) in [7, 11) is 0. The van der Waals surface area contributed by atoms with Crippen LogP contribution in [0.2, 0.25) is 0 Å². The number of phenols is 2. The Hall–Kier alpha value is -3.06. The number of phenolic OH excluding ortho intramolecular Hbond substituents is 2. The minimum atomic E-state index is -0.255. The summed E-state index contributed by atoms with van der Waals surface area (Å²) in [5.41, 5.74) is 3.35. The molecule has 6 nitrogen and oxygen atoms in total. The molecule has 0 spiro atoms. The maximum atomic E-state index is 13.9. The van der Waals surface area contributed by atoms with Crippen LogP contribution < -0.4 is 10.2 Å². The second-order valence-corrected chi connectivity index (χ2v) is 6.95. The van der Waals surface area contributed by atoms with Crippen molar-refractivity contribution < 1.29 is 14.6 Å². The van der Waals surface area contributed by atoms with Gasteiger partial charge in [-0.05, 0) is 36.1 Å². The largest absolute Gasteiger partial charge is 0.508 e. The third-order valence-corrected chi connectivity index (χ3v) is 5.15. The first-order valence-electron chi connectivity index (χ1n) is 9.41. The molecule has 0 atom stereocenters. The Morgan fingerprint density at radius 3 is 2.54 bits per heavy atom. The molecule has 1 aliphatic heterocycles. The molecule has 0 bridgehead atoms. The zero-order valence-corrected chi connectivity index (χ0v) is 15.5. The van der Waals surface area contributed by atoms with Crippen LogP contribution >= 0.6 is 0 Å². The minimum Gasteiger partial charge on any atom is -0.508 e. The van der Waals surface area contributed by atoms with Gasteiger partial charge in [0.05, 0.1) is 5.69 Å². The predicted molar refractivity (Wildman–Crippen MR) is 106 cm³/mol. The van der Waals surface area contributed by atoms with E-state index in [4.69, 9.17) is 0 Å². The number of aromatic amines is 1. The summed E-state index contributed by atoms with van der Waals surface area (Å²) < 4.78 is 13.9. The predicted octanol–water partition coefficient (Wildman–Crippen LogP) is 2.82. The zero-order chi connectivity index (χ0) is 19.5. The lowest BCUT2D eigenvalue weighted by atomic mass is 9.99. The summed E-state index contributed by atoms with van der Waals surface area (Å²) in [4.78, 5) is 2.21. The number of halogens is 1. The molecule has 0 saturated carbocycles. The molecule has 0 amide bonds. The van der Waals surface area contributed by atoms with E-state index >= 15 is 0 Å². The third-order valence-electron chi connectivity index (χ3n) is 5.15. The van der Waals surface area contributed by atoms with Crippen molar-refractivity contribution >= 4 is 5.69 Å². The number of benzene rings is 2. The van der Waals surface area contributed by atoms with E-state index in [0.29, 0.717) is 35.2 Å². The molecule has 146 valence electrons. The van der Waals surface area contributed by atoms with Gasteiger partial charge in [-0.15, -0.1) is 0 Å². The fourth-order valence-electron chi connectivity index (χ4n) is 3.61. The summed E-state index contributed by atoms with van der Waals surface area (Å²) in [5.74, 6) is -0.290. The van der Waals surface area contributed by atoms with Crippen molar-refractivity contribution in [3.05, 3.63) is 59.5 Å². The first-order valence-corrected chi connectivity index (χ1v) is 9.41. The highest BCUT2D eigenvalue weighted by molar-refractivity contribution is 5.80. The number of aryl methyl sites for hydroxylation is 2. The number of nitrogens with one attached hydrogen (secondary N) is 2. The van der Waals surface area contributed by atoms with Crippen molar-refractivity contribution in [3.63, 3.8) is 0 Å². The molecule has 2 aromatic carbocycles. The number of piperazine rings is 1. The van der Waals surface area contributed by atoms with Gasteiger partial charge in [0, 0.05) is 44.0 Å². The number of hydrogen-bond acceptors (Lipinski definition) is 5. The van der Waals surface area contributed by atoms with E-state index < -0.39 is 0 Å². The molecule has 2 heterocycles. The Balaban J connectivity index is 1.63. The van der Waals surface area contributed by atoms with Gasteiger partial charge in [-0.3, -0.25) is 5.10 Å². The van der Waals surface area contributed by atoms with Crippen molar-refractivity contribution in [1.29, 1.82) is 0 Å². The van der Waals surface area contributed by atoms with Crippen molar-refractivity contribution in [2.24, 2.45) is 0 Å². The standard InChI is InChI=1S/C21H23FN4O2/c22-17-4-2-1-3-14(17)5-6-15-11-16(20(28)12-19(15)27)21-18(13-24-25-21)26-9-7-23-8-10-26/h1-4,11-13,23,27-28H,5-10H2,(H,24,25). The number of H-pyrrole nitrogens is 1. The molecule has 28 heavy (non-hydrogen) atoms. The van der Waals surface area contributed by atoms with E-state index in [-0.39, 0.29) is 17.3 Å². The number of rotatable bonds is 5. The molecule has 0 radical (unpaired) electrons. The molecular weight excluding hydrogens is 359 g/mol. The van der Waals surface area contributed by atoms with E-state index in [9.17, 15) is 14.6 Å². The van der Waals surface area contributed by atoms with Gasteiger partial charge in [0.2, 0.25) is 0 Å². The van der Waals surface area contributed by atoms with Gasteiger partial charge in [0.15, 0.2) is 0 Å². The SMILES string of the molecule is Oc1cc(O)c(-c2n[nH]cc2N2CCNCC2)cc1CCc1ccccc1F. The smallest absolute Gasteiger partial charge is 0.128 e. The lowest BCUT2D eigenvalue weighted by Gasteiger charge is -2.29. The van der Waals surface area contributed by atoms with Gasteiger partial charge in [0.25, 0.3) is 0 Å². The average molecular weight is 382 g/mol. The molecule has 0 unspecified atom stereocenters. The topological polar surface area (TPSA) is 84.4 Å². The lowest BCUT2D eigenvalue weighted by molar-refractivity contribution is 0.446. The van der Waals surface area contributed by atoms with Gasteiger partial charge in [-0.1, -0.05) is 18.2 Å². The molecular formula is C21H23FN4O2. The summed E-state index contributed by atoms with van der Waals surface area (Å²) in [6.45, 7) is 3.48. The molecule has 7 heteroatoms. The Morgan fingerprint density at radius 2 is 1.75 bits per heavy atom. The van der Waals surface area contributed by atoms with Crippen LogP contribution in [0.25, 0.3) is 11.3 Å². The van der Waals surface area contributed by atoms with Crippen LogP contribution in [0.5, 0.6) is 11.5 Å². The number of nitrogens with zero attached hydrogens (tertiary/aromatic N) is 2. The Morgan fingerprint density at radius 1 is 1.00 bits per heavy atom. The Kier molecular flexibility index (Phi) is 5.16. The Bertz CT molecular complexity index is 967. The highest BCUT2D eigenvalue weighted by Gasteiger charge is 2.21. The van der Waals surface area contributed by atoms with Gasteiger partial charge in [-0.2, -0.15) is 5.10 Å². The third kappa shape index (κ3) is 3.66. The van der Waals surface area contributed by atoms with Gasteiger partial charge >= 0.3 is 0 Å². The van der Waals surface area contributed by atoms with Crippen LogP contribution in [0.1, 0.15) is 11.1 Å². The normalized spacial score (nSPS) is 14.4. The van der Waals surface area contributed by atoms with Crippen LogP contribution in [0.15, 0.2) is 42.6 Å². The molecule has 4 rings (SSSR count). The highest BCUT2D eigenvalue weighted by atomic mass is 19.1. The van der Waals surface area contributed by atoms with Crippen LogP contribution in [0, 0.1) is 5.82 Å². The molecule has 4 N–H and O–H groups in total. The fourth-order valence-corrected chi connectivity index (χ4v) is 3.61. The molecule has 1 fully saturated rings. The van der Waals surface area contributed by atoms with Crippen molar-refractivity contribution in [2.45, 2.75) is 12.8 Å². The molecule has 0 aliphatic carbocycles. The van der Waals surface area contributed by atoms with Crippen LogP contribution in [0.4, 0.5) is 10.1 Å². The van der Waals surface area contributed by atoms with E-state index in [1.807, 2.05) is 6.20 Å². The molecule has 1 aromatic heterocycles. The maximum absolute atomic E-state index is 13.9. The number of aromatic nitrogens is 2. The summed E-state index contributed by atoms with van der Waals surface area (Å²) in [6.07, 6.45) is 2.73. The highest BCUT2D eigenvalue weighted by Crippen LogP contribution is 2.38. The summed E-state index contributed by atoms with van der Waals surface area (Å²) in [6, 6.07) is 9.70. The molecule has 1 aliphatic rings. The molecule has 3 aromatic rings. The van der Waals surface area contributed by atoms with Crippen LogP contribution in [-0.2, 0) is 12.8 Å². The van der Waals surface area contributed by atoms with Crippen molar-refractivity contribution in [1.82, 2.24) is 15.5 Å². The fraction of sp³-hybridized carbons (Fsp3) is 0.286. The number of hydrogen-bond donors (Lipinski definition) is 4. The second kappa shape index (κ2) is 7.90. The quantitative estimate of drug-likeness (QED) is 0.545. The van der Waals surface area contributed by atoms with E-state index in [1.54, 1.807) is 24.3 Å². The van der Waals surface area contributed by atoms with Gasteiger partial charge < -0.3 is 20.4 Å². The number of aromatic hydroxyl groups is 2. The monoisotopic (exact) mass is 382 g/mol. The van der Waals surface area contributed by atoms with Crippen molar-refractivity contribution in [3.8, 4) is 22.8 Å². The van der Waals surface area contributed by atoms with Gasteiger partial charge in [0.1, 0.15) is 23.0 Å². The minimum absolute atomic E-state index is 0.00292. The first-order chi connectivity index (χ1) is 13.6. The first kappa shape index (κ1) is 18.3. The van der Waals surface area contributed by atoms with Gasteiger partial charge in [-0.25, -0.2) is 4.39 Å². The second-order valence-electron chi connectivity index (χ2n) is 6.95. The average Bonchev–Trinajstić information content (AvgIpc) is 3.19. The lowest BCUT2D eigenvalue weighted by Crippen LogP contribution is -2.43. The van der Waals surface area contributed by atoms with Crippen LogP contribution in [-0.4, -0.2) is 46.6 Å². The summed E-state index contributed by atoms with van der Waals surface area (Å²) >= 11 is 0. The van der Waals surface area contributed by atoms with E-state index in [1.165, 1.54) is 12.1 Å². The zero-order valence-electron chi connectivity index (χ0n) is 15.5. The number of anilines is 1. The molecule has 1 saturated heterocycles. The summed E-state index contributed by atoms with van der Waals surface area (Å²) in [5, 5.41) is 31.3. The van der Waals surface area contributed by atoms with E-state index in [2.05, 4.69) is 20.4 Å². The Labute approximate surface area is 162 Å².